The summed E-state index contributed by atoms with van der Waals surface area (Å²) in [6.45, 7) is 0. The number of hydrogen-bond acceptors (Lipinski definition) is 1. The molecule has 0 radical (unpaired) electrons. The summed E-state index contributed by atoms with van der Waals surface area (Å²) < 4.78 is 42.3. The molecule has 0 aromatic heterocycles. The van der Waals surface area contributed by atoms with Crippen LogP contribution in [0.5, 0.6) is 5.75 Å². The van der Waals surface area contributed by atoms with Crippen LogP contribution in [0.4, 0.5) is 13.2 Å². The van der Waals surface area contributed by atoms with Crippen LogP contribution in [0.15, 0.2) is 21.1 Å². The molecule has 0 aliphatic heterocycles. The van der Waals surface area contributed by atoms with Crippen molar-refractivity contribution in [2.45, 2.75) is 6.18 Å². The summed E-state index contributed by atoms with van der Waals surface area (Å²) in [5.74, 6) is 0.345. The molecule has 0 saturated heterocycles. The molecule has 0 amide bonds. The van der Waals surface area contributed by atoms with Crippen LogP contribution in [-0.4, -0.2) is 7.11 Å². The molecule has 0 aliphatic rings. The molecule has 1 rings (SSSR count). The number of halogens is 5. The Morgan fingerprint density at radius 2 is 1.57 bits per heavy atom. The largest absolute Gasteiger partial charge is 0.494 e. The first-order valence-electron chi connectivity index (χ1n) is 3.46. The molecule has 0 atom stereocenters. The van der Waals surface area contributed by atoms with Gasteiger partial charge in [-0.3, -0.25) is 0 Å². The van der Waals surface area contributed by atoms with E-state index in [1.165, 1.54) is 7.11 Å². The molecule has 1 nitrogen and oxygen atoms in total. The Kier molecular flexibility index (Phi) is 3.47. The van der Waals surface area contributed by atoms with Crippen LogP contribution in [0.1, 0.15) is 5.56 Å². The monoisotopic (exact) mass is 332 g/mol. The van der Waals surface area contributed by atoms with Gasteiger partial charge in [-0.1, -0.05) is 0 Å². The Morgan fingerprint density at radius 1 is 1.14 bits per heavy atom. The van der Waals surface area contributed by atoms with Gasteiger partial charge < -0.3 is 4.74 Å². The van der Waals surface area contributed by atoms with Gasteiger partial charge >= 0.3 is 6.18 Å². The maximum atomic E-state index is 12.3. The minimum atomic E-state index is -4.35. The lowest BCUT2D eigenvalue weighted by Gasteiger charge is -2.11. The number of rotatable bonds is 1. The Labute approximate surface area is 95.5 Å². The summed E-state index contributed by atoms with van der Waals surface area (Å²) in [5, 5.41) is 0. The molecule has 0 heterocycles. The van der Waals surface area contributed by atoms with E-state index in [0.717, 1.165) is 12.1 Å². The molecule has 78 valence electrons. The fourth-order valence-electron chi connectivity index (χ4n) is 0.919. The van der Waals surface area contributed by atoms with Gasteiger partial charge in [0.25, 0.3) is 0 Å². The van der Waals surface area contributed by atoms with Crippen molar-refractivity contribution in [3.8, 4) is 5.75 Å². The zero-order valence-electron chi connectivity index (χ0n) is 6.95. The SMILES string of the molecule is COc1c(Br)cc(C(F)(F)F)cc1Br. The Hall–Kier alpha value is -0.230. The minimum Gasteiger partial charge on any atom is -0.494 e. The fraction of sp³-hybridized carbons (Fsp3) is 0.250. The van der Waals surface area contributed by atoms with Crippen molar-refractivity contribution < 1.29 is 17.9 Å². The van der Waals surface area contributed by atoms with Gasteiger partial charge in [0.15, 0.2) is 0 Å². The zero-order chi connectivity index (χ0) is 10.9. The van der Waals surface area contributed by atoms with Gasteiger partial charge in [-0.2, -0.15) is 13.2 Å². The molecule has 1 aromatic carbocycles. The second kappa shape index (κ2) is 4.10. The smallest absolute Gasteiger partial charge is 0.416 e. The normalized spacial score (nSPS) is 11.6. The first-order chi connectivity index (χ1) is 6.36. The van der Waals surface area contributed by atoms with Crippen molar-refractivity contribution in [1.82, 2.24) is 0 Å². The first kappa shape index (κ1) is 11.8. The quantitative estimate of drug-likeness (QED) is 0.747. The molecule has 0 unspecified atom stereocenters. The van der Waals surface area contributed by atoms with Gasteiger partial charge in [-0.15, -0.1) is 0 Å². The van der Waals surface area contributed by atoms with Gasteiger partial charge in [0.1, 0.15) is 5.75 Å². The summed E-state index contributed by atoms with van der Waals surface area (Å²) in [7, 11) is 1.39. The number of ether oxygens (including phenoxy) is 1. The molecular weight excluding hydrogens is 329 g/mol. The fourth-order valence-corrected chi connectivity index (χ4v) is 2.43. The topological polar surface area (TPSA) is 9.23 Å². The second-order valence-electron chi connectivity index (χ2n) is 2.47. The van der Waals surface area contributed by atoms with E-state index in [2.05, 4.69) is 31.9 Å². The van der Waals surface area contributed by atoms with Crippen molar-refractivity contribution >= 4 is 31.9 Å². The van der Waals surface area contributed by atoms with Crippen LogP contribution in [0.3, 0.4) is 0 Å². The molecule has 0 saturated carbocycles. The van der Waals surface area contributed by atoms with E-state index < -0.39 is 11.7 Å². The highest BCUT2D eigenvalue weighted by Gasteiger charge is 2.31. The molecule has 0 fully saturated rings. The predicted octanol–water partition coefficient (Wildman–Crippen LogP) is 4.24. The van der Waals surface area contributed by atoms with Crippen LogP contribution in [-0.2, 0) is 6.18 Å². The van der Waals surface area contributed by atoms with Crippen molar-refractivity contribution in [2.75, 3.05) is 7.11 Å². The predicted molar refractivity (Wildman–Crippen MR) is 53.4 cm³/mol. The van der Waals surface area contributed by atoms with Gasteiger partial charge in [-0.25, -0.2) is 0 Å². The lowest BCUT2D eigenvalue weighted by molar-refractivity contribution is -0.137. The van der Waals surface area contributed by atoms with Crippen LogP contribution in [0, 0.1) is 0 Å². The maximum absolute atomic E-state index is 12.3. The molecule has 1 aromatic rings. The third kappa shape index (κ3) is 2.42. The Balaban J connectivity index is 3.28. The van der Waals surface area contributed by atoms with Crippen molar-refractivity contribution in [3.05, 3.63) is 26.6 Å². The lowest BCUT2D eigenvalue weighted by atomic mass is 10.2. The summed E-state index contributed by atoms with van der Waals surface area (Å²) in [6, 6.07) is 1.95. The number of hydrogen-bond donors (Lipinski definition) is 0. The average molecular weight is 334 g/mol. The van der Waals surface area contributed by atoms with Crippen molar-refractivity contribution in [1.29, 1.82) is 0 Å². The number of methoxy groups -OCH3 is 1. The Morgan fingerprint density at radius 3 is 1.86 bits per heavy atom. The van der Waals surface area contributed by atoms with E-state index in [1.54, 1.807) is 0 Å². The molecule has 0 bridgehead atoms. The molecule has 0 spiro atoms. The molecule has 0 aliphatic carbocycles. The molecule has 14 heavy (non-hydrogen) atoms. The third-order valence-electron chi connectivity index (χ3n) is 1.53. The van der Waals surface area contributed by atoms with Crippen LogP contribution in [0.25, 0.3) is 0 Å². The molecule has 0 N–H and O–H groups in total. The summed E-state index contributed by atoms with van der Waals surface area (Å²) >= 11 is 5.99. The summed E-state index contributed by atoms with van der Waals surface area (Å²) in [5.41, 5.74) is -0.725. The second-order valence-corrected chi connectivity index (χ2v) is 4.18. The highest BCUT2D eigenvalue weighted by atomic mass is 79.9. The van der Waals surface area contributed by atoms with Crippen molar-refractivity contribution in [3.63, 3.8) is 0 Å². The summed E-state index contributed by atoms with van der Waals surface area (Å²) in [4.78, 5) is 0. The number of alkyl halides is 3. The van der Waals surface area contributed by atoms with Crippen LogP contribution < -0.4 is 4.74 Å². The average Bonchev–Trinajstić information content (AvgIpc) is 2.01. The lowest BCUT2D eigenvalue weighted by Crippen LogP contribution is -2.05. The molecule has 6 heteroatoms. The molecular formula is C8H5Br2F3O. The van der Waals surface area contributed by atoms with Gasteiger partial charge in [0.2, 0.25) is 0 Å². The van der Waals surface area contributed by atoms with E-state index in [1.807, 2.05) is 0 Å². The van der Waals surface area contributed by atoms with Gasteiger partial charge in [0, 0.05) is 0 Å². The first-order valence-corrected chi connectivity index (χ1v) is 5.05. The Bertz CT molecular complexity index is 326. The van der Waals surface area contributed by atoms with Crippen LogP contribution in [0.2, 0.25) is 0 Å². The van der Waals surface area contributed by atoms with E-state index in [4.69, 9.17) is 4.74 Å². The highest BCUT2D eigenvalue weighted by molar-refractivity contribution is 9.11. The standard InChI is InChI=1S/C8H5Br2F3O/c1-14-7-5(9)2-4(3-6(7)10)8(11,12)13/h2-3H,1H3. The maximum Gasteiger partial charge on any atom is 0.416 e. The van der Waals surface area contributed by atoms with E-state index >= 15 is 0 Å². The summed E-state index contributed by atoms with van der Waals surface area (Å²) in [6.07, 6.45) is -4.35. The van der Waals surface area contributed by atoms with E-state index in [9.17, 15) is 13.2 Å². The highest BCUT2D eigenvalue weighted by Crippen LogP contribution is 2.39. The minimum absolute atomic E-state index is 0.265. The van der Waals surface area contributed by atoms with E-state index in [0.29, 0.717) is 5.75 Å². The van der Waals surface area contributed by atoms with E-state index in [-0.39, 0.29) is 8.95 Å². The van der Waals surface area contributed by atoms with Crippen molar-refractivity contribution in [2.24, 2.45) is 0 Å². The van der Waals surface area contributed by atoms with Gasteiger partial charge in [-0.05, 0) is 44.0 Å². The van der Waals surface area contributed by atoms with Gasteiger partial charge in [0.05, 0.1) is 21.6 Å². The van der Waals surface area contributed by atoms with Crippen LogP contribution >= 0.6 is 31.9 Å². The number of benzene rings is 1. The zero-order valence-corrected chi connectivity index (χ0v) is 10.1. The third-order valence-corrected chi connectivity index (χ3v) is 2.71.